The zero-order valence-corrected chi connectivity index (χ0v) is 23.0. The van der Waals surface area contributed by atoms with E-state index in [2.05, 4.69) is 39.9 Å². The van der Waals surface area contributed by atoms with Crippen molar-refractivity contribution in [3.05, 3.63) is 47.5 Å². The molecule has 0 bridgehead atoms. The van der Waals surface area contributed by atoms with Crippen molar-refractivity contribution < 1.29 is 33.0 Å². The molecule has 2 aliphatic rings. The Balaban J connectivity index is 1.91. The van der Waals surface area contributed by atoms with Crippen molar-refractivity contribution in [1.29, 1.82) is 0 Å². The summed E-state index contributed by atoms with van der Waals surface area (Å²) < 4.78 is 30.3. The molecule has 5 atom stereocenters. The van der Waals surface area contributed by atoms with Crippen LogP contribution in [0.1, 0.15) is 40.2 Å². The Bertz CT molecular complexity index is 906. The Morgan fingerprint density at radius 1 is 1.03 bits per heavy atom. The highest BCUT2D eigenvalue weighted by Gasteiger charge is 2.52. The fraction of sp³-hybridized carbons (Fsp3) is 0.630. The number of rotatable bonds is 9. The lowest BCUT2D eigenvalue weighted by molar-refractivity contribution is -0.187. The third kappa shape index (κ3) is 7.03. The summed E-state index contributed by atoms with van der Waals surface area (Å²) in [5.41, 5.74) is 2.04. The van der Waals surface area contributed by atoms with E-state index in [0.717, 1.165) is 11.1 Å². The predicted molar refractivity (Wildman–Crippen MR) is 135 cm³/mol. The first-order valence-corrected chi connectivity index (χ1v) is 15.2. The van der Waals surface area contributed by atoms with Gasteiger partial charge in [-0.2, -0.15) is 0 Å². The monoisotopic (exact) mass is 504 g/mol. The predicted octanol–water partition coefficient (Wildman–Crippen LogP) is 4.66. The van der Waals surface area contributed by atoms with Gasteiger partial charge < -0.3 is 23.4 Å². The minimum Gasteiger partial charge on any atom is -0.463 e. The topological polar surface area (TPSA) is 80.3 Å². The lowest BCUT2D eigenvalue weighted by Gasteiger charge is -2.45. The number of esters is 2. The number of benzene rings is 1. The highest BCUT2D eigenvalue weighted by molar-refractivity contribution is 6.74. The largest absolute Gasteiger partial charge is 0.463 e. The van der Waals surface area contributed by atoms with Gasteiger partial charge in [0.1, 0.15) is 19.3 Å². The highest BCUT2D eigenvalue weighted by Crippen LogP contribution is 2.46. The van der Waals surface area contributed by atoms with E-state index < -0.39 is 14.4 Å². The lowest BCUT2D eigenvalue weighted by atomic mass is 9.81. The Kier molecular flexibility index (Phi) is 8.96. The molecule has 35 heavy (non-hydrogen) atoms. The number of hydrogen-bond donors (Lipinski definition) is 0. The van der Waals surface area contributed by atoms with Crippen molar-refractivity contribution in [3.63, 3.8) is 0 Å². The zero-order valence-electron chi connectivity index (χ0n) is 22.0. The molecule has 0 amide bonds. The van der Waals surface area contributed by atoms with Crippen molar-refractivity contribution in [2.45, 2.75) is 77.7 Å². The van der Waals surface area contributed by atoms with Crippen LogP contribution in [0.5, 0.6) is 0 Å². The fourth-order valence-corrected chi connectivity index (χ4v) is 5.68. The fourth-order valence-electron chi connectivity index (χ4n) is 4.42. The van der Waals surface area contributed by atoms with Crippen LogP contribution in [0.4, 0.5) is 0 Å². The van der Waals surface area contributed by atoms with Crippen LogP contribution in [0, 0.1) is 11.8 Å². The molecule has 0 aromatic heterocycles. The molecule has 1 heterocycles. The van der Waals surface area contributed by atoms with E-state index in [1.54, 1.807) is 0 Å². The molecule has 1 aliphatic heterocycles. The van der Waals surface area contributed by atoms with Crippen LogP contribution in [0.3, 0.4) is 0 Å². The van der Waals surface area contributed by atoms with Crippen LogP contribution < -0.4 is 0 Å². The molecule has 194 valence electrons. The van der Waals surface area contributed by atoms with E-state index in [1.807, 2.05) is 30.3 Å². The van der Waals surface area contributed by atoms with E-state index in [0.29, 0.717) is 13.2 Å². The van der Waals surface area contributed by atoms with Crippen LogP contribution >= 0.6 is 0 Å². The van der Waals surface area contributed by atoms with E-state index in [1.165, 1.54) is 13.8 Å². The summed E-state index contributed by atoms with van der Waals surface area (Å²) in [7, 11) is -2.13. The summed E-state index contributed by atoms with van der Waals surface area (Å²) >= 11 is 0. The van der Waals surface area contributed by atoms with Crippen molar-refractivity contribution in [2.24, 2.45) is 11.8 Å². The van der Waals surface area contributed by atoms with Gasteiger partial charge in [-0.15, -0.1) is 0 Å². The molecule has 3 rings (SSSR count). The molecule has 8 heteroatoms. The maximum atomic E-state index is 11.6. The number of ether oxygens (including phenoxy) is 4. The van der Waals surface area contributed by atoms with Gasteiger partial charge in [-0.1, -0.05) is 57.2 Å². The van der Waals surface area contributed by atoms with Crippen molar-refractivity contribution in [2.75, 3.05) is 19.8 Å². The van der Waals surface area contributed by atoms with Crippen LogP contribution in [0.2, 0.25) is 18.1 Å². The van der Waals surface area contributed by atoms with Gasteiger partial charge in [0.25, 0.3) is 0 Å². The average Bonchev–Trinajstić information content (AvgIpc) is 3.11. The third-order valence-electron chi connectivity index (χ3n) is 7.35. The number of carbonyl (C=O) groups is 2. The molecule has 0 unspecified atom stereocenters. The van der Waals surface area contributed by atoms with Crippen molar-refractivity contribution >= 4 is 20.3 Å². The van der Waals surface area contributed by atoms with Gasteiger partial charge in [-0.05, 0) is 29.3 Å². The van der Waals surface area contributed by atoms with Gasteiger partial charge in [-0.3, -0.25) is 9.59 Å². The van der Waals surface area contributed by atoms with Crippen LogP contribution in [-0.4, -0.2) is 58.4 Å². The zero-order chi connectivity index (χ0) is 25.8. The van der Waals surface area contributed by atoms with E-state index in [9.17, 15) is 9.59 Å². The first-order valence-electron chi connectivity index (χ1n) is 12.3. The summed E-state index contributed by atoms with van der Waals surface area (Å²) in [4.78, 5) is 23.1. The maximum absolute atomic E-state index is 11.6. The van der Waals surface area contributed by atoms with Crippen molar-refractivity contribution in [3.8, 4) is 0 Å². The molecular weight excluding hydrogens is 464 g/mol. The van der Waals surface area contributed by atoms with Gasteiger partial charge in [0, 0.05) is 25.7 Å². The quantitative estimate of drug-likeness (QED) is 0.275. The van der Waals surface area contributed by atoms with Gasteiger partial charge in [-0.25, -0.2) is 0 Å². The van der Waals surface area contributed by atoms with E-state index in [4.69, 9.17) is 23.4 Å². The Labute approximate surface area is 210 Å². The lowest BCUT2D eigenvalue weighted by Crippen LogP contribution is -2.54. The molecule has 1 aromatic rings. The summed E-state index contributed by atoms with van der Waals surface area (Å²) in [5, 5.41) is 0.0255. The van der Waals surface area contributed by atoms with E-state index in [-0.39, 0.29) is 54.2 Å². The first kappa shape index (κ1) is 27.6. The maximum Gasteiger partial charge on any atom is 0.302 e. The van der Waals surface area contributed by atoms with Gasteiger partial charge in [0.15, 0.2) is 8.32 Å². The van der Waals surface area contributed by atoms with Gasteiger partial charge >= 0.3 is 11.9 Å². The minimum atomic E-state index is -2.13. The highest BCUT2D eigenvalue weighted by atomic mass is 28.4. The van der Waals surface area contributed by atoms with Crippen LogP contribution in [0.25, 0.3) is 0 Å². The first-order chi connectivity index (χ1) is 16.4. The second-order valence-electron chi connectivity index (χ2n) is 11.0. The number of hydrogen-bond acceptors (Lipinski definition) is 7. The molecular formula is C27H40O7Si. The molecule has 1 aromatic carbocycles. The van der Waals surface area contributed by atoms with E-state index >= 15 is 0 Å². The molecule has 0 saturated carbocycles. The summed E-state index contributed by atoms with van der Waals surface area (Å²) in [6.45, 7) is 15.1. The molecule has 1 fully saturated rings. The normalized spacial score (nSPS) is 26.6. The van der Waals surface area contributed by atoms with Crippen molar-refractivity contribution in [1.82, 2.24) is 0 Å². The van der Waals surface area contributed by atoms with Gasteiger partial charge in [0.2, 0.25) is 0 Å². The second-order valence-corrected chi connectivity index (χ2v) is 15.7. The molecule has 0 N–H and O–H groups in total. The Hall–Kier alpha value is -2.00. The standard InChI is InChI=1S/C27H40O7Si/c1-18(28)30-15-21-13-23(34-35(6,7)27(3,4)5)25-22(21)16-32-24(17-31-19(2)29)26(25)33-14-20-11-9-8-10-12-20/h8-13,22-26H,14-17H2,1-7H3/t22-,23-,24+,25+,26+/m0/s1. The van der Waals surface area contributed by atoms with Crippen LogP contribution in [-0.2, 0) is 39.6 Å². The Morgan fingerprint density at radius 2 is 1.69 bits per heavy atom. The number of fused-ring (bicyclic) bond motifs is 1. The van der Waals surface area contributed by atoms with Gasteiger partial charge in [0.05, 0.1) is 25.4 Å². The number of carbonyl (C=O) groups excluding carboxylic acids is 2. The SMILES string of the molecule is CC(=O)OCC1=C[C@H](O[Si](C)(C)C(C)(C)C)[C@@H]2[C@H](OCc3ccccc3)[C@@H](COC(C)=O)OC[C@@H]12. The minimum absolute atomic E-state index is 0.0153. The molecule has 1 aliphatic carbocycles. The average molecular weight is 505 g/mol. The molecule has 0 radical (unpaired) electrons. The summed E-state index contributed by atoms with van der Waals surface area (Å²) in [5.74, 6) is -0.740. The molecule has 0 spiro atoms. The second kappa shape index (κ2) is 11.4. The Morgan fingerprint density at radius 3 is 2.29 bits per heavy atom. The molecule has 1 saturated heterocycles. The molecule has 7 nitrogen and oxygen atoms in total. The van der Waals surface area contributed by atoms with Crippen LogP contribution in [0.15, 0.2) is 42.0 Å². The summed E-state index contributed by atoms with van der Waals surface area (Å²) in [6.07, 6.45) is 1.11. The summed E-state index contributed by atoms with van der Waals surface area (Å²) in [6, 6.07) is 9.97. The third-order valence-corrected chi connectivity index (χ3v) is 11.8. The smallest absolute Gasteiger partial charge is 0.302 e.